The quantitative estimate of drug-likeness (QED) is 0.861. The average molecular weight is 376 g/mol. The van der Waals surface area contributed by atoms with Crippen LogP contribution in [0.15, 0.2) is 24.3 Å². The average Bonchev–Trinajstić information content (AvgIpc) is 3.34. The van der Waals surface area contributed by atoms with Crippen molar-refractivity contribution < 1.29 is 4.79 Å². The Morgan fingerprint density at radius 3 is 2.73 bits per heavy atom. The Labute approximate surface area is 160 Å². The van der Waals surface area contributed by atoms with E-state index in [4.69, 9.17) is 0 Å². The standard InChI is InChI=1S/C19H25N5O.ClH/c1-12-5-3-4-6-14(12)15-11-16(15)18(25)22-19-21-17(23-24(19)2)13-7-9-20-10-8-13;/h3-6,13,15-16,20H,7-11H2,1-2H3,(H,21,22,23,25);1H. The number of carbonyl (C=O) groups excluding carboxylic acids is 1. The van der Waals surface area contributed by atoms with E-state index < -0.39 is 0 Å². The van der Waals surface area contributed by atoms with Gasteiger partial charge in [0.2, 0.25) is 11.9 Å². The zero-order valence-electron chi connectivity index (χ0n) is 15.2. The molecule has 2 N–H and O–H groups in total. The van der Waals surface area contributed by atoms with Crippen LogP contribution >= 0.6 is 12.4 Å². The number of piperidine rings is 1. The molecule has 26 heavy (non-hydrogen) atoms. The molecule has 4 rings (SSSR count). The van der Waals surface area contributed by atoms with Crippen LogP contribution in [0.25, 0.3) is 0 Å². The van der Waals surface area contributed by atoms with Crippen LogP contribution in [-0.4, -0.2) is 33.8 Å². The Kier molecular flexibility index (Phi) is 5.63. The van der Waals surface area contributed by atoms with Gasteiger partial charge in [-0.15, -0.1) is 12.4 Å². The highest BCUT2D eigenvalue weighted by atomic mass is 35.5. The first-order valence-corrected chi connectivity index (χ1v) is 9.11. The van der Waals surface area contributed by atoms with Crippen molar-refractivity contribution in [3.63, 3.8) is 0 Å². The second kappa shape index (κ2) is 7.76. The number of halogens is 1. The van der Waals surface area contributed by atoms with E-state index in [1.54, 1.807) is 4.68 Å². The molecule has 2 heterocycles. The first-order chi connectivity index (χ1) is 12.1. The number of benzene rings is 1. The Balaban J connectivity index is 0.00000196. The maximum atomic E-state index is 12.6. The molecule has 0 spiro atoms. The summed E-state index contributed by atoms with van der Waals surface area (Å²) >= 11 is 0. The maximum absolute atomic E-state index is 12.6. The van der Waals surface area contributed by atoms with E-state index in [0.29, 0.717) is 17.8 Å². The lowest BCUT2D eigenvalue weighted by Crippen LogP contribution is -2.27. The number of nitrogens with zero attached hydrogens (tertiary/aromatic N) is 3. The maximum Gasteiger partial charge on any atom is 0.230 e. The third kappa shape index (κ3) is 3.76. The predicted octanol–water partition coefficient (Wildman–Crippen LogP) is 2.75. The molecule has 1 saturated heterocycles. The Morgan fingerprint density at radius 1 is 1.27 bits per heavy atom. The molecular weight excluding hydrogens is 350 g/mol. The summed E-state index contributed by atoms with van der Waals surface area (Å²) in [7, 11) is 1.85. The SMILES string of the molecule is Cc1ccccc1C1CC1C(=O)Nc1nc(C2CCNCC2)nn1C.Cl. The monoisotopic (exact) mass is 375 g/mol. The van der Waals surface area contributed by atoms with E-state index in [-0.39, 0.29) is 24.2 Å². The number of anilines is 1. The van der Waals surface area contributed by atoms with Crippen LogP contribution in [0.2, 0.25) is 0 Å². The normalized spacial score (nSPS) is 22.5. The van der Waals surface area contributed by atoms with Crippen LogP contribution in [0.3, 0.4) is 0 Å². The number of aryl methyl sites for hydroxylation is 2. The van der Waals surface area contributed by atoms with E-state index in [9.17, 15) is 4.79 Å². The van der Waals surface area contributed by atoms with E-state index in [1.165, 1.54) is 11.1 Å². The van der Waals surface area contributed by atoms with Crippen molar-refractivity contribution >= 4 is 24.3 Å². The summed E-state index contributed by atoms with van der Waals surface area (Å²) in [6.45, 7) is 4.12. The molecule has 2 atom stereocenters. The lowest BCUT2D eigenvalue weighted by Gasteiger charge is -2.19. The van der Waals surface area contributed by atoms with Crippen molar-refractivity contribution in [1.29, 1.82) is 0 Å². The minimum Gasteiger partial charge on any atom is -0.317 e. The van der Waals surface area contributed by atoms with Crippen molar-refractivity contribution in [2.75, 3.05) is 18.4 Å². The lowest BCUT2D eigenvalue weighted by molar-refractivity contribution is -0.117. The third-order valence-corrected chi connectivity index (χ3v) is 5.43. The second-order valence-corrected chi connectivity index (χ2v) is 7.24. The Morgan fingerprint density at radius 2 is 2.00 bits per heavy atom. The first kappa shape index (κ1) is 18.9. The van der Waals surface area contributed by atoms with Crippen molar-refractivity contribution in [3.8, 4) is 0 Å². The third-order valence-electron chi connectivity index (χ3n) is 5.43. The summed E-state index contributed by atoms with van der Waals surface area (Å²) in [6.07, 6.45) is 3.01. The van der Waals surface area contributed by atoms with E-state index in [2.05, 4.69) is 39.8 Å². The number of carbonyl (C=O) groups is 1. The second-order valence-electron chi connectivity index (χ2n) is 7.24. The van der Waals surface area contributed by atoms with Crippen LogP contribution in [0.4, 0.5) is 5.95 Å². The van der Waals surface area contributed by atoms with Crippen molar-refractivity contribution in [3.05, 3.63) is 41.2 Å². The van der Waals surface area contributed by atoms with Crippen LogP contribution in [0, 0.1) is 12.8 Å². The van der Waals surface area contributed by atoms with Crippen molar-refractivity contribution in [2.45, 2.75) is 38.0 Å². The molecule has 1 aromatic heterocycles. The zero-order valence-corrected chi connectivity index (χ0v) is 16.1. The number of hydrogen-bond donors (Lipinski definition) is 2. The molecule has 7 heteroatoms. The van der Waals surface area contributed by atoms with Crippen molar-refractivity contribution in [1.82, 2.24) is 20.1 Å². The topological polar surface area (TPSA) is 71.8 Å². The summed E-state index contributed by atoms with van der Waals surface area (Å²) in [6, 6.07) is 8.32. The van der Waals surface area contributed by atoms with Crippen molar-refractivity contribution in [2.24, 2.45) is 13.0 Å². The molecule has 1 saturated carbocycles. The number of amides is 1. The van der Waals surface area contributed by atoms with Crippen LogP contribution in [0.5, 0.6) is 0 Å². The van der Waals surface area contributed by atoms with Gasteiger partial charge in [0, 0.05) is 18.9 Å². The van der Waals surface area contributed by atoms with Gasteiger partial charge in [0.05, 0.1) is 0 Å². The lowest BCUT2D eigenvalue weighted by atomic mass is 9.98. The smallest absolute Gasteiger partial charge is 0.230 e. The van der Waals surface area contributed by atoms with Crippen LogP contribution < -0.4 is 10.6 Å². The molecule has 1 aromatic carbocycles. The summed E-state index contributed by atoms with van der Waals surface area (Å²) in [4.78, 5) is 17.2. The van der Waals surface area contributed by atoms with Gasteiger partial charge in [-0.3, -0.25) is 10.1 Å². The van der Waals surface area contributed by atoms with Gasteiger partial charge in [0.1, 0.15) is 0 Å². The van der Waals surface area contributed by atoms with Crippen LogP contribution in [0.1, 0.15) is 48.0 Å². The predicted molar refractivity (Wildman–Crippen MR) is 104 cm³/mol. The van der Waals surface area contributed by atoms with E-state index >= 15 is 0 Å². The number of hydrogen-bond acceptors (Lipinski definition) is 4. The number of nitrogens with one attached hydrogen (secondary N) is 2. The Hall–Kier alpha value is -1.92. The molecule has 2 unspecified atom stereocenters. The zero-order chi connectivity index (χ0) is 17.4. The molecule has 1 amide bonds. The van der Waals surface area contributed by atoms with Gasteiger partial charge < -0.3 is 5.32 Å². The van der Waals surface area contributed by atoms with Gasteiger partial charge in [-0.1, -0.05) is 24.3 Å². The summed E-state index contributed by atoms with van der Waals surface area (Å²) < 4.78 is 1.69. The highest BCUT2D eigenvalue weighted by molar-refractivity contribution is 5.94. The number of rotatable bonds is 4. The summed E-state index contributed by atoms with van der Waals surface area (Å²) in [5.41, 5.74) is 2.55. The summed E-state index contributed by atoms with van der Waals surface area (Å²) in [5, 5.41) is 10.9. The molecular formula is C19H26ClN5O. The van der Waals surface area contributed by atoms with E-state index in [0.717, 1.165) is 38.2 Å². The van der Waals surface area contributed by atoms with Gasteiger partial charge >= 0.3 is 0 Å². The molecule has 2 aromatic rings. The van der Waals surface area contributed by atoms with Gasteiger partial charge in [-0.2, -0.15) is 10.1 Å². The molecule has 140 valence electrons. The molecule has 0 radical (unpaired) electrons. The minimum absolute atomic E-state index is 0. The summed E-state index contributed by atoms with van der Waals surface area (Å²) in [5.74, 6) is 2.23. The highest BCUT2D eigenvalue weighted by Crippen LogP contribution is 2.48. The fourth-order valence-electron chi connectivity index (χ4n) is 3.80. The highest BCUT2D eigenvalue weighted by Gasteiger charge is 2.44. The molecule has 2 aliphatic rings. The molecule has 6 nitrogen and oxygen atoms in total. The minimum atomic E-state index is 0. The molecule has 1 aliphatic heterocycles. The molecule has 1 aliphatic carbocycles. The molecule has 2 fully saturated rings. The van der Waals surface area contributed by atoms with Gasteiger partial charge in [-0.25, -0.2) is 4.68 Å². The first-order valence-electron chi connectivity index (χ1n) is 9.11. The fourth-order valence-corrected chi connectivity index (χ4v) is 3.80. The van der Waals surface area contributed by atoms with E-state index in [1.807, 2.05) is 19.2 Å². The Bertz CT molecular complexity index is 784. The van der Waals surface area contributed by atoms with Gasteiger partial charge in [0.25, 0.3) is 0 Å². The number of aromatic nitrogens is 3. The fraction of sp³-hybridized carbons (Fsp3) is 0.526. The molecule has 0 bridgehead atoms. The largest absolute Gasteiger partial charge is 0.317 e. The van der Waals surface area contributed by atoms with Gasteiger partial charge in [0.15, 0.2) is 5.82 Å². The van der Waals surface area contributed by atoms with Gasteiger partial charge in [-0.05, 0) is 56.3 Å². The van der Waals surface area contributed by atoms with Crippen LogP contribution in [-0.2, 0) is 11.8 Å².